The van der Waals surface area contributed by atoms with Crippen molar-refractivity contribution in [2.75, 3.05) is 19.8 Å². The van der Waals surface area contributed by atoms with E-state index in [-0.39, 0.29) is 36.0 Å². The van der Waals surface area contributed by atoms with E-state index in [1.165, 1.54) is 0 Å². The second-order valence-corrected chi connectivity index (χ2v) is 5.14. The van der Waals surface area contributed by atoms with Gasteiger partial charge in [0.1, 0.15) is 5.71 Å². The van der Waals surface area contributed by atoms with E-state index in [0.717, 1.165) is 12.8 Å². The molecule has 0 bridgehead atoms. The van der Waals surface area contributed by atoms with Crippen LogP contribution in [0.5, 0.6) is 0 Å². The summed E-state index contributed by atoms with van der Waals surface area (Å²) in [5.41, 5.74) is 11.3. The number of nitro groups is 1. The lowest BCUT2D eigenvalue weighted by Crippen LogP contribution is -2.24. The van der Waals surface area contributed by atoms with Crippen molar-refractivity contribution in [2.24, 2.45) is 16.5 Å². The molecule has 0 spiro atoms. The Morgan fingerprint density at radius 1 is 1.52 bits per heavy atom. The first-order valence-corrected chi connectivity index (χ1v) is 7.06. The molecule has 0 aromatic heterocycles. The smallest absolute Gasteiger partial charge is 0.348 e. The molecule has 0 saturated carbocycles. The molecule has 0 aromatic carbocycles. The highest BCUT2D eigenvalue weighted by Gasteiger charge is 2.24. The summed E-state index contributed by atoms with van der Waals surface area (Å²) in [7, 11) is 0. The molecule has 4 N–H and O–H groups in total. The van der Waals surface area contributed by atoms with Crippen molar-refractivity contribution in [3.05, 3.63) is 21.7 Å². The summed E-state index contributed by atoms with van der Waals surface area (Å²) in [5, 5.41) is 11.2. The van der Waals surface area contributed by atoms with Gasteiger partial charge in [-0.05, 0) is 33.1 Å². The quantitative estimate of drug-likeness (QED) is 0.310. The van der Waals surface area contributed by atoms with Gasteiger partial charge in [0.15, 0.2) is 0 Å². The lowest BCUT2D eigenvalue weighted by atomic mass is 10.1. The van der Waals surface area contributed by atoms with Crippen LogP contribution in [-0.2, 0) is 9.47 Å². The maximum atomic E-state index is 11.2. The van der Waals surface area contributed by atoms with Gasteiger partial charge in [0, 0.05) is 19.3 Å². The molecule has 1 aliphatic heterocycles. The van der Waals surface area contributed by atoms with Crippen LogP contribution in [0.4, 0.5) is 0 Å². The molecule has 1 unspecified atom stereocenters. The second kappa shape index (κ2) is 8.58. The van der Waals surface area contributed by atoms with Crippen LogP contribution in [-0.4, -0.2) is 42.5 Å². The van der Waals surface area contributed by atoms with E-state index < -0.39 is 4.92 Å². The van der Waals surface area contributed by atoms with Gasteiger partial charge in [-0.3, -0.25) is 15.1 Å². The van der Waals surface area contributed by atoms with Crippen molar-refractivity contribution in [1.29, 1.82) is 0 Å². The zero-order valence-corrected chi connectivity index (χ0v) is 12.6. The Hall–Kier alpha value is -1.67. The average molecular weight is 300 g/mol. The molecular weight excluding hydrogens is 276 g/mol. The van der Waals surface area contributed by atoms with E-state index in [1.54, 1.807) is 6.92 Å². The van der Waals surface area contributed by atoms with Gasteiger partial charge < -0.3 is 20.9 Å². The van der Waals surface area contributed by atoms with Crippen molar-refractivity contribution in [1.82, 2.24) is 0 Å². The minimum Gasteiger partial charge on any atom is -0.474 e. The summed E-state index contributed by atoms with van der Waals surface area (Å²) < 4.78 is 10.5. The van der Waals surface area contributed by atoms with Crippen molar-refractivity contribution in [3.8, 4) is 0 Å². The van der Waals surface area contributed by atoms with Crippen LogP contribution in [0.25, 0.3) is 0 Å². The Labute approximate surface area is 124 Å². The molecule has 0 aromatic rings. The Balaban J connectivity index is 2.78. The van der Waals surface area contributed by atoms with Gasteiger partial charge in [0.2, 0.25) is 0 Å². The number of rotatable bonds is 7. The van der Waals surface area contributed by atoms with Gasteiger partial charge in [-0.25, -0.2) is 0 Å². The zero-order valence-electron chi connectivity index (χ0n) is 12.6. The zero-order chi connectivity index (χ0) is 15.8. The van der Waals surface area contributed by atoms with Crippen molar-refractivity contribution in [3.63, 3.8) is 0 Å². The third-order valence-electron chi connectivity index (χ3n) is 3.16. The fourth-order valence-corrected chi connectivity index (χ4v) is 1.97. The van der Waals surface area contributed by atoms with Gasteiger partial charge in [-0.2, -0.15) is 0 Å². The molecule has 120 valence electrons. The van der Waals surface area contributed by atoms with E-state index in [1.807, 2.05) is 6.92 Å². The molecule has 1 fully saturated rings. The van der Waals surface area contributed by atoms with Crippen LogP contribution in [0.1, 0.15) is 33.1 Å². The highest BCUT2D eigenvalue weighted by atomic mass is 16.6. The standard InChI is InChI=1S/C13H24N4O4/c1-9(14)3-8-21-13(15)12(17(18)19)10(2)16-11-4-6-20-7-5-11/h9,11H,3-8,14-15H2,1-2H3. The SMILES string of the molecule is CC(=NC1CCOCC1)C(=C(N)OCCC(C)N)[N+](=O)[O-]. The average Bonchev–Trinajstić information content (AvgIpc) is 2.38. The molecule has 1 saturated heterocycles. The maximum Gasteiger partial charge on any atom is 0.348 e. The number of hydrogen-bond donors (Lipinski definition) is 2. The predicted molar refractivity (Wildman–Crippen MR) is 79.4 cm³/mol. The third-order valence-corrected chi connectivity index (χ3v) is 3.16. The summed E-state index contributed by atoms with van der Waals surface area (Å²) in [5.74, 6) is -0.214. The largest absolute Gasteiger partial charge is 0.474 e. The maximum absolute atomic E-state index is 11.2. The van der Waals surface area contributed by atoms with Crippen molar-refractivity contribution < 1.29 is 14.4 Å². The lowest BCUT2D eigenvalue weighted by Gasteiger charge is -2.18. The Bertz CT molecular complexity index is 414. The van der Waals surface area contributed by atoms with Gasteiger partial charge in [-0.1, -0.05) is 0 Å². The minimum absolute atomic E-state index is 0.0329. The Kier molecular flexibility index (Phi) is 7.10. The Morgan fingerprint density at radius 2 is 2.14 bits per heavy atom. The molecule has 1 heterocycles. The van der Waals surface area contributed by atoms with Crippen LogP contribution >= 0.6 is 0 Å². The lowest BCUT2D eigenvalue weighted by molar-refractivity contribution is -0.418. The molecule has 21 heavy (non-hydrogen) atoms. The van der Waals surface area contributed by atoms with E-state index in [0.29, 0.717) is 19.6 Å². The van der Waals surface area contributed by atoms with E-state index in [2.05, 4.69) is 4.99 Å². The third kappa shape index (κ3) is 6.09. The summed E-state index contributed by atoms with van der Waals surface area (Å²) in [6.45, 7) is 4.90. The first kappa shape index (κ1) is 17.4. The van der Waals surface area contributed by atoms with Crippen LogP contribution in [0.15, 0.2) is 16.6 Å². The van der Waals surface area contributed by atoms with Crippen LogP contribution in [0, 0.1) is 10.1 Å². The molecular formula is C13H24N4O4. The monoisotopic (exact) mass is 300 g/mol. The van der Waals surface area contributed by atoms with E-state index in [9.17, 15) is 10.1 Å². The van der Waals surface area contributed by atoms with Crippen molar-refractivity contribution in [2.45, 2.75) is 45.2 Å². The van der Waals surface area contributed by atoms with Crippen molar-refractivity contribution >= 4 is 5.71 Å². The minimum atomic E-state index is -0.556. The summed E-state index contributed by atoms with van der Waals surface area (Å²) in [4.78, 5) is 15.0. The Morgan fingerprint density at radius 3 is 2.67 bits per heavy atom. The van der Waals surface area contributed by atoms with Crippen LogP contribution in [0.2, 0.25) is 0 Å². The highest BCUT2D eigenvalue weighted by molar-refractivity contribution is 5.96. The fourth-order valence-electron chi connectivity index (χ4n) is 1.97. The number of ether oxygens (including phenoxy) is 2. The second-order valence-electron chi connectivity index (χ2n) is 5.14. The molecule has 1 aliphatic rings. The fraction of sp³-hybridized carbons (Fsp3) is 0.769. The topological polar surface area (TPSA) is 126 Å². The normalized spacial score (nSPS) is 19.9. The summed E-state index contributed by atoms with van der Waals surface area (Å²) in [6.07, 6.45) is 2.09. The number of nitrogens with zero attached hydrogens (tertiary/aromatic N) is 2. The van der Waals surface area contributed by atoms with Crippen LogP contribution < -0.4 is 11.5 Å². The summed E-state index contributed by atoms with van der Waals surface area (Å²) >= 11 is 0. The molecule has 8 nitrogen and oxygen atoms in total. The van der Waals surface area contributed by atoms with Gasteiger partial charge in [-0.15, -0.1) is 0 Å². The molecule has 1 atom stereocenters. The predicted octanol–water partition coefficient (Wildman–Crippen LogP) is 0.785. The first-order valence-electron chi connectivity index (χ1n) is 7.06. The molecule has 1 rings (SSSR count). The van der Waals surface area contributed by atoms with E-state index in [4.69, 9.17) is 20.9 Å². The number of aliphatic imine (C=N–C) groups is 1. The van der Waals surface area contributed by atoms with Gasteiger partial charge >= 0.3 is 5.70 Å². The van der Waals surface area contributed by atoms with E-state index >= 15 is 0 Å². The number of nitrogens with two attached hydrogens (primary N) is 2. The van der Waals surface area contributed by atoms with Gasteiger partial charge in [0.25, 0.3) is 5.88 Å². The molecule has 0 aliphatic carbocycles. The molecule has 8 heteroatoms. The van der Waals surface area contributed by atoms with Gasteiger partial charge in [0.05, 0.1) is 17.6 Å². The highest BCUT2D eigenvalue weighted by Crippen LogP contribution is 2.14. The molecule has 0 amide bonds. The first-order chi connectivity index (χ1) is 9.91. The summed E-state index contributed by atoms with van der Waals surface area (Å²) in [6, 6.07) is -0.0144. The van der Waals surface area contributed by atoms with Crippen LogP contribution in [0.3, 0.4) is 0 Å². The number of allylic oxidation sites excluding steroid dienone is 1. The molecule has 0 radical (unpaired) electrons. The number of hydrogen-bond acceptors (Lipinski definition) is 7.